The number of halogens is 1. The van der Waals surface area contributed by atoms with E-state index in [0.717, 1.165) is 5.56 Å². The summed E-state index contributed by atoms with van der Waals surface area (Å²) >= 11 is 6.12. The molecule has 1 N–H and O–H groups in total. The van der Waals surface area contributed by atoms with Crippen molar-refractivity contribution in [2.45, 2.75) is 31.6 Å². The van der Waals surface area contributed by atoms with Crippen molar-refractivity contribution in [3.63, 3.8) is 0 Å². The molecular formula is C21H25ClN2O4S. The third kappa shape index (κ3) is 4.91. The topological polar surface area (TPSA) is 75.7 Å². The van der Waals surface area contributed by atoms with Crippen molar-refractivity contribution in [3.8, 4) is 5.75 Å². The van der Waals surface area contributed by atoms with Crippen molar-refractivity contribution >= 4 is 33.2 Å². The third-order valence-electron chi connectivity index (χ3n) is 5.05. The van der Waals surface area contributed by atoms with Crippen LogP contribution in [0.5, 0.6) is 5.75 Å². The van der Waals surface area contributed by atoms with Gasteiger partial charge in [-0.1, -0.05) is 17.7 Å². The molecule has 1 atom stereocenters. The van der Waals surface area contributed by atoms with Crippen molar-refractivity contribution in [1.29, 1.82) is 0 Å². The Morgan fingerprint density at radius 2 is 1.97 bits per heavy atom. The summed E-state index contributed by atoms with van der Waals surface area (Å²) in [6.45, 7) is 4.77. The fraction of sp³-hybridized carbons (Fsp3) is 0.381. The molecule has 156 valence electrons. The first kappa shape index (κ1) is 21.6. The number of carbonyl (C=O) groups is 1. The summed E-state index contributed by atoms with van der Waals surface area (Å²) in [6.07, 6.45) is 1.27. The monoisotopic (exact) mass is 436 g/mol. The number of nitrogens with one attached hydrogen (secondary N) is 1. The number of hydrogen-bond donors (Lipinski definition) is 1. The Morgan fingerprint density at radius 1 is 1.24 bits per heavy atom. The van der Waals surface area contributed by atoms with E-state index in [-0.39, 0.29) is 17.3 Å². The summed E-state index contributed by atoms with van der Waals surface area (Å²) in [6, 6.07) is 11.7. The van der Waals surface area contributed by atoms with Gasteiger partial charge in [-0.25, -0.2) is 8.42 Å². The van der Waals surface area contributed by atoms with E-state index in [1.165, 1.54) is 4.31 Å². The van der Waals surface area contributed by atoms with E-state index < -0.39 is 15.9 Å². The zero-order valence-electron chi connectivity index (χ0n) is 16.5. The molecule has 3 rings (SSSR count). The number of anilines is 1. The van der Waals surface area contributed by atoms with Crippen LogP contribution in [0.1, 0.15) is 25.3 Å². The summed E-state index contributed by atoms with van der Waals surface area (Å²) in [5.41, 5.74) is 1.44. The van der Waals surface area contributed by atoms with Gasteiger partial charge < -0.3 is 10.1 Å². The smallest absolute Gasteiger partial charge is 0.243 e. The fourth-order valence-corrected chi connectivity index (χ4v) is 5.07. The van der Waals surface area contributed by atoms with Crippen LogP contribution in [0.15, 0.2) is 47.4 Å². The first-order valence-electron chi connectivity index (χ1n) is 9.62. The first-order chi connectivity index (χ1) is 13.8. The standard InChI is InChI=1S/C21H25ClN2O4S/c1-3-28-17-9-11-18(12-10-17)29(26,27)24-13-5-6-16(14-24)21(25)23-20-8-4-7-19(22)15(20)2/h4,7-12,16H,3,5-6,13-14H2,1-2H3,(H,23,25)/t16-/m0/s1. The van der Waals surface area contributed by atoms with Gasteiger partial charge in [0.05, 0.1) is 17.4 Å². The van der Waals surface area contributed by atoms with Gasteiger partial charge in [0.15, 0.2) is 0 Å². The van der Waals surface area contributed by atoms with Crippen molar-refractivity contribution in [2.24, 2.45) is 5.92 Å². The minimum absolute atomic E-state index is 0.154. The van der Waals surface area contributed by atoms with E-state index in [1.54, 1.807) is 42.5 Å². The second-order valence-corrected chi connectivity index (χ2v) is 9.35. The molecular weight excluding hydrogens is 412 g/mol. The fourth-order valence-electron chi connectivity index (χ4n) is 3.38. The molecule has 1 amide bonds. The highest BCUT2D eigenvalue weighted by Crippen LogP contribution is 2.28. The molecule has 0 aromatic heterocycles. The SMILES string of the molecule is CCOc1ccc(S(=O)(=O)N2CCC[C@H](C(=O)Nc3cccc(Cl)c3C)C2)cc1. The van der Waals surface area contributed by atoms with Crippen LogP contribution >= 0.6 is 11.6 Å². The van der Waals surface area contributed by atoms with Crippen molar-refractivity contribution in [1.82, 2.24) is 4.31 Å². The van der Waals surface area contributed by atoms with Crippen LogP contribution in [0.4, 0.5) is 5.69 Å². The lowest BCUT2D eigenvalue weighted by atomic mass is 9.98. The molecule has 29 heavy (non-hydrogen) atoms. The molecule has 1 fully saturated rings. The summed E-state index contributed by atoms with van der Waals surface area (Å²) in [4.78, 5) is 13.0. The average molecular weight is 437 g/mol. The Kier molecular flexibility index (Phi) is 6.82. The van der Waals surface area contributed by atoms with E-state index in [2.05, 4.69) is 5.32 Å². The molecule has 2 aromatic rings. The Hall–Kier alpha value is -2.09. The number of sulfonamides is 1. The number of rotatable bonds is 6. The van der Waals surface area contributed by atoms with Crippen molar-refractivity contribution in [3.05, 3.63) is 53.1 Å². The highest BCUT2D eigenvalue weighted by molar-refractivity contribution is 7.89. The largest absolute Gasteiger partial charge is 0.494 e. The van der Waals surface area contributed by atoms with Gasteiger partial charge in [-0.05, 0) is 68.7 Å². The lowest BCUT2D eigenvalue weighted by molar-refractivity contribution is -0.120. The lowest BCUT2D eigenvalue weighted by Crippen LogP contribution is -2.43. The number of amides is 1. The first-order valence-corrected chi connectivity index (χ1v) is 11.4. The third-order valence-corrected chi connectivity index (χ3v) is 7.34. The number of ether oxygens (including phenoxy) is 1. The van der Waals surface area contributed by atoms with Crippen LogP contribution in [0.3, 0.4) is 0 Å². The van der Waals surface area contributed by atoms with Gasteiger partial charge in [-0.15, -0.1) is 0 Å². The van der Waals surface area contributed by atoms with Gasteiger partial charge >= 0.3 is 0 Å². The molecule has 0 unspecified atom stereocenters. The molecule has 0 spiro atoms. The number of carbonyl (C=O) groups excluding carboxylic acids is 1. The van der Waals surface area contributed by atoms with Gasteiger partial charge in [-0.2, -0.15) is 4.31 Å². The molecule has 0 aliphatic carbocycles. The summed E-state index contributed by atoms with van der Waals surface area (Å²) in [5.74, 6) is 0.0146. The van der Waals surface area contributed by atoms with Gasteiger partial charge in [-0.3, -0.25) is 4.79 Å². The lowest BCUT2D eigenvalue weighted by Gasteiger charge is -2.31. The second kappa shape index (κ2) is 9.15. The van der Waals surface area contributed by atoms with Gasteiger partial charge in [0.2, 0.25) is 15.9 Å². The maximum atomic E-state index is 13.0. The summed E-state index contributed by atoms with van der Waals surface area (Å²) in [7, 11) is -3.67. The average Bonchev–Trinajstić information content (AvgIpc) is 2.72. The van der Waals surface area contributed by atoms with Crippen LogP contribution in [-0.4, -0.2) is 38.3 Å². The van der Waals surface area contributed by atoms with Crippen LogP contribution in [-0.2, 0) is 14.8 Å². The number of piperidine rings is 1. The van der Waals surface area contributed by atoms with Gasteiger partial charge in [0.1, 0.15) is 5.75 Å². The van der Waals surface area contributed by atoms with Crippen molar-refractivity contribution in [2.75, 3.05) is 25.0 Å². The molecule has 1 aliphatic heterocycles. The van der Waals surface area contributed by atoms with Crippen LogP contribution in [0, 0.1) is 12.8 Å². The van der Waals surface area contributed by atoms with Crippen LogP contribution in [0.2, 0.25) is 5.02 Å². The van der Waals surface area contributed by atoms with Gasteiger partial charge in [0.25, 0.3) is 0 Å². The number of nitrogens with zero attached hydrogens (tertiary/aromatic N) is 1. The Bertz CT molecular complexity index is 977. The predicted octanol–water partition coefficient (Wildman–Crippen LogP) is 4.09. The molecule has 6 nitrogen and oxygen atoms in total. The zero-order valence-corrected chi connectivity index (χ0v) is 18.1. The second-order valence-electron chi connectivity index (χ2n) is 7.01. The van der Waals surface area contributed by atoms with Crippen LogP contribution in [0.25, 0.3) is 0 Å². The number of hydrogen-bond acceptors (Lipinski definition) is 4. The molecule has 8 heteroatoms. The molecule has 1 heterocycles. The quantitative estimate of drug-likeness (QED) is 0.740. The van der Waals surface area contributed by atoms with E-state index in [1.807, 2.05) is 13.8 Å². The summed E-state index contributed by atoms with van der Waals surface area (Å²) < 4.78 is 32.8. The van der Waals surface area contributed by atoms with Crippen LogP contribution < -0.4 is 10.1 Å². The Balaban J connectivity index is 1.72. The zero-order chi connectivity index (χ0) is 21.0. The molecule has 0 bridgehead atoms. The molecule has 0 saturated carbocycles. The van der Waals surface area contributed by atoms with Gasteiger partial charge in [0, 0.05) is 23.8 Å². The normalized spacial score (nSPS) is 17.7. The summed E-state index contributed by atoms with van der Waals surface area (Å²) in [5, 5.41) is 3.47. The predicted molar refractivity (Wildman–Crippen MR) is 114 cm³/mol. The minimum Gasteiger partial charge on any atom is -0.494 e. The molecule has 0 radical (unpaired) electrons. The van der Waals surface area contributed by atoms with E-state index >= 15 is 0 Å². The number of benzene rings is 2. The maximum Gasteiger partial charge on any atom is 0.243 e. The minimum atomic E-state index is -3.67. The van der Waals surface area contributed by atoms with E-state index in [9.17, 15) is 13.2 Å². The molecule has 2 aromatic carbocycles. The van der Waals surface area contributed by atoms with E-state index in [4.69, 9.17) is 16.3 Å². The molecule has 1 saturated heterocycles. The highest BCUT2D eigenvalue weighted by Gasteiger charge is 2.33. The maximum absolute atomic E-state index is 13.0. The highest BCUT2D eigenvalue weighted by atomic mass is 35.5. The Labute approximate surface area is 176 Å². The van der Waals surface area contributed by atoms with E-state index in [0.29, 0.717) is 42.5 Å². The molecule has 1 aliphatic rings. The Morgan fingerprint density at radius 3 is 2.66 bits per heavy atom. The van der Waals surface area contributed by atoms with Crippen molar-refractivity contribution < 1.29 is 17.9 Å².